The van der Waals surface area contributed by atoms with Crippen LogP contribution in [0.15, 0.2) is 0 Å². The largest absolute Gasteiger partial charge is 0.481 e. The highest BCUT2D eigenvalue weighted by molar-refractivity contribution is 5.94. The molecule has 0 fully saturated rings. The maximum Gasteiger partial charge on any atom is 0.328 e. The second-order valence-electron chi connectivity index (χ2n) is 7.83. The minimum Gasteiger partial charge on any atom is -0.481 e. The summed E-state index contributed by atoms with van der Waals surface area (Å²) in [5.74, 6) is -5.95. The van der Waals surface area contributed by atoms with E-state index in [0.717, 1.165) is 0 Å². The number of aliphatic carboxylic acids is 2. The van der Waals surface area contributed by atoms with E-state index in [1.165, 1.54) is 6.92 Å². The molecule has 188 valence electrons. The molecule has 0 bridgehead atoms. The van der Waals surface area contributed by atoms with Crippen LogP contribution in [-0.2, 0) is 28.8 Å². The van der Waals surface area contributed by atoms with Crippen molar-refractivity contribution in [2.45, 2.75) is 64.2 Å². The third-order valence-corrected chi connectivity index (χ3v) is 4.27. The lowest BCUT2D eigenvalue weighted by Gasteiger charge is -2.25. The second kappa shape index (κ2) is 14.7. The van der Waals surface area contributed by atoms with Gasteiger partial charge in [-0.2, -0.15) is 0 Å². The summed E-state index contributed by atoms with van der Waals surface area (Å²) >= 11 is 0. The second-order valence-corrected chi connectivity index (χ2v) is 7.83. The van der Waals surface area contributed by atoms with Crippen molar-refractivity contribution in [3.63, 3.8) is 0 Å². The van der Waals surface area contributed by atoms with Crippen molar-refractivity contribution in [3.05, 3.63) is 0 Å². The van der Waals surface area contributed by atoms with Gasteiger partial charge in [-0.15, -0.1) is 0 Å². The lowest BCUT2D eigenvalue weighted by molar-refractivity contribution is -0.143. The highest BCUT2D eigenvalue weighted by Crippen LogP contribution is 2.07. The van der Waals surface area contributed by atoms with Crippen molar-refractivity contribution in [2.75, 3.05) is 13.2 Å². The summed E-state index contributed by atoms with van der Waals surface area (Å²) in [6, 6.07) is -5.02. The molecule has 0 saturated carbocycles. The quantitative estimate of drug-likeness (QED) is 0.119. The first-order valence-corrected chi connectivity index (χ1v) is 10.3. The Morgan fingerprint density at radius 2 is 1.36 bits per heavy atom. The molecule has 0 unspecified atom stereocenters. The van der Waals surface area contributed by atoms with Gasteiger partial charge in [0.15, 0.2) is 0 Å². The molecular formula is C19H33N5O9. The van der Waals surface area contributed by atoms with Crippen molar-refractivity contribution in [2.24, 2.45) is 11.7 Å². The van der Waals surface area contributed by atoms with E-state index < -0.39 is 79.3 Å². The number of nitrogens with one attached hydrogen (secondary N) is 4. The molecule has 0 heterocycles. The fourth-order valence-electron chi connectivity index (χ4n) is 2.54. The Balaban J connectivity index is 5.38. The molecular weight excluding hydrogens is 442 g/mol. The first-order valence-electron chi connectivity index (χ1n) is 10.3. The van der Waals surface area contributed by atoms with Gasteiger partial charge >= 0.3 is 11.9 Å². The molecule has 0 radical (unpaired) electrons. The summed E-state index contributed by atoms with van der Waals surface area (Å²) in [5, 5.41) is 36.1. The monoisotopic (exact) mass is 475 g/mol. The van der Waals surface area contributed by atoms with E-state index in [1.54, 1.807) is 13.8 Å². The van der Waals surface area contributed by atoms with E-state index in [4.69, 9.17) is 21.1 Å². The van der Waals surface area contributed by atoms with E-state index in [-0.39, 0.29) is 18.8 Å². The number of aliphatic hydroxyl groups is 1. The standard InChI is InChI=1S/C19H33N5O9/c1-9(2)6-12(18(31)24-13(8-25)19(32)33)23-17(30)11(4-5-15(27)28)22-14(26)7-21-16(29)10(3)20/h9-13,25H,4-8,20H2,1-3H3,(H,21,29)(H,22,26)(H,23,30)(H,24,31)(H,27,28)(H,32,33)/t10-,11-,12-,13-/m0/s1. The van der Waals surface area contributed by atoms with Crippen LogP contribution in [-0.4, -0.2) is 88.2 Å². The van der Waals surface area contributed by atoms with Crippen molar-refractivity contribution in [1.82, 2.24) is 21.3 Å². The number of hydrogen-bond donors (Lipinski definition) is 8. The minimum atomic E-state index is -1.58. The normalized spacial score (nSPS) is 14.4. The molecule has 14 nitrogen and oxygen atoms in total. The zero-order valence-electron chi connectivity index (χ0n) is 18.8. The molecule has 9 N–H and O–H groups in total. The van der Waals surface area contributed by atoms with E-state index >= 15 is 0 Å². The highest BCUT2D eigenvalue weighted by Gasteiger charge is 2.30. The lowest BCUT2D eigenvalue weighted by atomic mass is 10.0. The Labute approximate surface area is 190 Å². The molecule has 0 aliphatic heterocycles. The van der Waals surface area contributed by atoms with Gasteiger partial charge in [0.1, 0.15) is 18.1 Å². The zero-order valence-corrected chi connectivity index (χ0v) is 18.8. The maximum atomic E-state index is 12.8. The molecule has 0 aromatic heterocycles. The average Bonchev–Trinajstić information content (AvgIpc) is 2.71. The molecule has 4 amide bonds. The number of carbonyl (C=O) groups excluding carboxylic acids is 4. The van der Waals surface area contributed by atoms with E-state index in [0.29, 0.717) is 0 Å². The molecule has 14 heteroatoms. The molecule has 0 saturated heterocycles. The minimum absolute atomic E-state index is 0.0966. The van der Waals surface area contributed by atoms with Crippen LogP contribution in [0.3, 0.4) is 0 Å². The molecule has 0 aliphatic carbocycles. The SMILES string of the molecule is CC(C)C[C@H](NC(=O)[C@H](CCC(=O)O)NC(=O)CNC(=O)[C@H](C)N)C(=O)N[C@@H](CO)C(=O)O. The van der Waals surface area contributed by atoms with Gasteiger partial charge in [0, 0.05) is 6.42 Å². The maximum absolute atomic E-state index is 12.8. The van der Waals surface area contributed by atoms with Crippen LogP contribution in [0, 0.1) is 5.92 Å². The molecule has 0 spiro atoms. The summed E-state index contributed by atoms with van der Waals surface area (Å²) in [6.45, 7) is 3.52. The summed E-state index contributed by atoms with van der Waals surface area (Å²) in [6.07, 6.45) is -0.685. The van der Waals surface area contributed by atoms with Crippen LogP contribution < -0.4 is 27.0 Å². The molecule has 0 aromatic rings. The van der Waals surface area contributed by atoms with Crippen LogP contribution in [0.25, 0.3) is 0 Å². The number of amides is 4. The van der Waals surface area contributed by atoms with Crippen molar-refractivity contribution in [1.29, 1.82) is 0 Å². The summed E-state index contributed by atoms with van der Waals surface area (Å²) in [7, 11) is 0. The first-order chi connectivity index (χ1) is 15.3. The Hall–Kier alpha value is -3.26. The Kier molecular flexibility index (Phi) is 13.3. The number of carbonyl (C=O) groups is 6. The summed E-state index contributed by atoms with van der Waals surface area (Å²) in [4.78, 5) is 70.9. The average molecular weight is 475 g/mol. The van der Waals surface area contributed by atoms with Crippen molar-refractivity contribution in [3.8, 4) is 0 Å². The van der Waals surface area contributed by atoms with Crippen LogP contribution in [0.2, 0.25) is 0 Å². The Morgan fingerprint density at radius 3 is 1.82 bits per heavy atom. The summed E-state index contributed by atoms with van der Waals surface area (Å²) < 4.78 is 0. The number of nitrogens with two attached hydrogens (primary N) is 1. The number of rotatable bonds is 15. The third kappa shape index (κ3) is 12.4. The number of hydrogen-bond acceptors (Lipinski definition) is 8. The predicted molar refractivity (Wildman–Crippen MR) is 113 cm³/mol. The van der Waals surface area contributed by atoms with Crippen LogP contribution in [0.4, 0.5) is 0 Å². The van der Waals surface area contributed by atoms with Gasteiger partial charge in [-0.1, -0.05) is 13.8 Å². The van der Waals surface area contributed by atoms with Gasteiger partial charge in [-0.3, -0.25) is 24.0 Å². The molecule has 0 aromatic carbocycles. The summed E-state index contributed by atoms with van der Waals surface area (Å²) in [5.41, 5.74) is 5.38. The smallest absolute Gasteiger partial charge is 0.328 e. The van der Waals surface area contributed by atoms with Gasteiger partial charge in [-0.05, 0) is 25.7 Å². The Bertz CT molecular complexity index is 726. The molecule has 0 rings (SSSR count). The van der Waals surface area contributed by atoms with Gasteiger partial charge < -0.3 is 42.3 Å². The van der Waals surface area contributed by atoms with Gasteiger partial charge in [-0.25, -0.2) is 4.79 Å². The van der Waals surface area contributed by atoms with Gasteiger partial charge in [0.05, 0.1) is 19.2 Å². The van der Waals surface area contributed by atoms with Crippen LogP contribution in [0.5, 0.6) is 0 Å². The number of carboxylic acids is 2. The van der Waals surface area contributed by atoms with Crippen molar-refractivity contribution < 1.29 is 44.1 Å². The van der Waals surface area contributed by atoms with E-state index in [1.807, 2.05) is 0 Å². The highest BCUT2D eigenvalue weighted by atomic mass is 16.4. The fraction of sp³-hybridized carbons (Fsp3) is 0.684. The third-order valence-electron chi connectivity index (χ3n) is 4.27. The van der Waals surface area contributed by atoms with Crippen LogP contribution in [0.1, 0.15) is 40.0 Å². The first kappa shape index (κ1) is 29.7. The zero-order chi connectivity index (χ0) is 25.7. The lowest BCUT2D eigenvalue weighted by Crippen LogP contribution is -2.57. The van der Waals surface area contributed by atoms with Gasteiger partial charge in [0.25, 0.3) is 0 Å². The number of aliphatic hydroxyl groups excluding tert-OH is 1. The molecule has 4 atom stereocenters. The van der Waals surface area contributed by atoms with E-state index in [9.17, 15) is 28.8 Å². The number of carboxylic acid groups (broad SMARTS) is 2. The fourth-order valence-corrected chi connectivity index (χ4v) is 2.54. The predicted octanol–water partition coefficient (Wildman–Crippen LogP) is -3.11. The van der Waals surface area contributed by atoms with Crippen molar-refractivity contribution >= 4 is 35.6 Å². The topological polar surface area (TPSA) is 237 Å². The molecule has 0 aliphatic rings. The molecule has 33 heavy (non-hydrogen) atoms. The Morgan fingerprint density at radius 1 is 0.818 bits per heavy atom. The van der Waals surface area contributed by atoms with Gasteiger partial charge in [0.2, 0.25) is 23.6 Å². The van der Waals surface area contributed by atoms with E-state index in [2.05, 4.69) is 21.3 Å². The van der Waals surface area contributed by atoms with Crippen LogP contribution >= 0.6 is 0 Å².